The summed E-state index contributed by atoms with van der Waals surface area (Å²) in [5, 5.41) is 20.6. The van der Waals surface area contributed by atoms with Gasteiger partial charge in [0.15, 0.2) is 0 Å². The van der Waals surface area contributed by atoms with Crippen LogP contribution in [0.5, 0.6) is 0 Å². The summed E-state index contributed by atoms with van der Waals surface area (Å²) in [5.41, 5.74) is 1.07. The van der Waals surface area contributed by atoms with Crippen molar-refractivity contribution in [3.8, 4) is 0 Å². The molecule has 0 aromatic rings. The fourth-order valence-electron chi connectivity index (χ4n) is 9.80. The van der Waals surface area contributed by atoms with Crippen molar-refractivity contribution in [3.63, 3.8) is 0 Å². The van der Waals surface area contributed by atoms with E-state index in [1.54, 1.807) is 0 Å². The number of ketones is 1. The topological polar surface area (TPSA) is 74.6 Å². The van der Waals surface area contributed by atoms with Crippen LogP contribution in [0.15, 0.2) is 23.3 Å². The van der Waals surface area contributed by atoms with Gasteiger partial charge in [0.05, 0.1) is 5.41 Å². The smallest absolute Gasteiger partial charge is 0.313 e. The SMILES string of the molecule is CC1(C)C(=O)CC[C@]2(C)[C@H]3C=CC4=C5C[C@@](C)(CO)CC[C@]5(C(=O)O)CC[C@@]4(C)[C@]3(C)CC[C@@H]12. The maximum absolute atomic E-state index is 12.9. The van der Waals surface area contributed by atoms with E-state index in [4.69, 9.17) is 0 Å². The van der Waals surface area contributed by atoms with E-state index >= 15 is 0 Å². The summed E-state index contributed by atoms with van der Waals surface area (Å²) in [6, 6.07) is 0. The Morgan fingerprint density at radius 2 is 1.68 bits per heavy atom. The average Bonchev–Trinajstić information content (AvgIpc) is 2.77. The third-order valence-electron chi connectivity index (χ3n) is 12.4. The first-order chi connectivity index (χ1) is 15.7. The molecule has 34 heavy (non-hydrogen) atoms. The average molecular weight is 469 g/mol. The monoisotopic (exact) mass is 468 g/mol. The lowest BCUT2D eigenvalue weighted by atomic mass is 9.35. The second kappa shape index (κ2) is 7.08. The van der Waals surface area contributed by atoms with Crippen molar-refractivity contribution in [3.05, 3.63) is 23.3 Å². The van der Waals surface area contributed by atoms with E-state index in [9.17, 15) is 19.8 Å². The molecule has 5 rings (SSSR count). The summed E-state index contributed by atoms with van der Waals surface area (Å²) >= 11 is 0. The number of aliphatic carboxylic acids is 1. The van der Waals surface area contributed by atoms with Crippen molar-refractivity contribution in [2.45, 2.75) is 99.3 Å². The van der Waals surface area contributed by atoms with Gasteiger partial charge in [-0.3, -0.25) is 9.59 Å². The highest BCUT2D eigenvalue weighted by atomic mass is 16.4. The molecule has 0 spiro atoms. The van der Waals surface area contributed by atoms with Crippen LogP contribution in [0.4, 0.5) is 0 Å². The predicted molar refractivity (Wildman–Crippen MR) is 133 cm³/mol. The number of carboxylic acids is 1. The molecule has 0 bridgehead atoms. The molecule has 0 heterocycles. The van der Waals surface area contributed by atoms with E-state index in [0.29, 0.717) is 43.3 Å². The normalized spacial score (nSPS) is 49.6. The van der Waals surface area contributed by atoms with E-state index in [2.05, 4.69) is 53.7 Å². The van der Waals surface area contributed by atoms with Gasteiger partial charge in [-0.15, -0.1) is 0 Å². The van der Waals surface area contributed by atoms with Crippen LogP contribution in [0.3, 0.4) is 0 Å². The van der Waals surface area contributed by atoms with Gasteiger partial charge < -0.3 is 10.2 Å². The fraction of sp³-hybridized carbons (Fsp3) is 0.800. The fourth-order valence-corrected chi connectivity index (χ4v) is 9.80. The number of fused-ring (bicyclic) bond motifs is 6. The van der Waals surface area contributed by atoms with E-state index in [-0.39, 0.29) is 33.7 Å². The summed E-state index contributed by atoms with van der Waals surface area (Å²) < 4.78 is 0. The molecule has 4 nitrogen and oxygen atoms in total. The molecule has 4 heteroatoms. The minimum atomic E-state index is -0.780. The quantitative estimate of drug-likeness (QED) is 0.496. The number of rotatable bonds is 2. The van der Waals surface area contributed by atoms with Crippen molar-refractivity contribution in [1.82, 2.24) is 0 Å². The van der Waals surface area contributed by atoms with Crippen LogP contribution < -0.4 is 0 Å². The lowest BCUT2D eigenvalue weighted by Crippen LogP contribution is -2.62. The standard InChI is InChI=1S/C30H44O4/c1-25(2)21-9-12-29(6)22(27(21,4)11-10-23(25)32)8-7-19-20-17-26(3,18-31)13-15-30(20,24(33)34)16-14-28(19,29)5/h7-8,21-22,31H,9-18H2,1-6H3,(H,33,34)/t21-,22+,26-,27-,28+,29+,30-/m0/s1. The number of aliphatic hydroxyl groups excluding tert-OH is 1. The van der Waals surface area contributed by atoms with Crippen LogP contribution in [0.1, 0.15) is 99.3 Å². The van der Waals surface area contributed by atoms with E-state index in [1.165, 1.54) is 5.57 Å². The molecular weight excluding hydrogens is 424 g/mol. The Balaban J connectivity index is 1.68. The number of aliphatic hydroxyl groups is 1. The highest BCUT2D eigenvalue weighted by molar-refractivity contribution is 5.85. The molecule has 0 saturated heterocycles. The summed E-state index contributed by atoms with van der Waals surface area (Å²) in [6.07, 6.45) is 12.1. The highest BCUT2D eigenvalue weighted by Gasteiger charge is 2.67. The minimum Gasteiger partial charge on any atom is -0.481 e. The zero-order chi connectivity index (χ0) is 24.9. The Labute approximate surface area is 205 Å². The Morgan fingerprint density at radius 1 is 1.00 bits per heavy atom. The molecule has 188 valence electrons. The molecule has 0 aromatic heterocycles. The second-order valence-corrected chi connectivity index (χ2v) is 14.3. The first-order valence-corrected chi connectivity index (χ1v) is 13.5. The molecule has 5 aliphatic rings. The number of Topliss-reactive ketones (excluding diaryl/α,β-unsaturated/α-hetero) is 1. The zero-order valence-electron chi connectivity index (χ0n) is 22.1. The number of carbonyl (C=O) groups excluding carboxylic acids is 1. The third-order valence-corrected chi connectivity index (χ3v) is 12.4. The van der Waals surface area contributed by atoms with E-state index < -0.39 is 11.4 Å². The summed E-state index contributed by atoms with van der Waals surface area (Å²) in [4.78, 5) is 25.6. The number of carbonyl (C=O) groups is 2. The van der Waals surface area contributed by atoms with Gasteiger partial charge in [0.25, 0.3) is 0 Å². The minimum absolute atomic E-state index is 0.0313. The van der Waals surface area contributed by atoms with Gasteiger partial charge in [-0.25, -0.2) is 0 Å². The third kappa shape index (κ3) is 2.75. The van der Waals surface area contributed by atoms with Gasteiger partial charge in [0, 0.05) is 18.4 Å². The van der Waals surface area contributed by atoms with Gasteiger partial charge in [-0.1, -0.05) is 53.7 Å². The summed E-state index contributed by atoms with van der Waals surface area (Å²) in [6.45, 7) is 13.9. The number of hydrogen-bond acceptors (Lipinski definition) is 3. The molecule has 5 aliphatic carbocycles. The molecule has 0 aliphatic heterocycles. The molecule has 0 amide bonds. The van der Waals surface area contributed by atoms with Crippen molar-refractivity contribution in [2.24, 2.45) is 44.3 Å². The number of carboxylic acid groups (broad SMARTS) is 1. The van der Waals surface area contributed by atoms with Crippen molar-refractivity contribution >= 4 is 11.8 Å². The molecule has 0 radical (unpaired) electrons. The van der Waals surface area contributed by atoms with Crippen LogP contribution in [0, 0.1) is 44.3 Å². The summed E-state index contributed by atoms with van der Waals surface area (Å²) in [7, 11) is 0. The Hall–Kier alpha value is -1.42. The predicted octanol–water partition coefficient (Wildman–Crippen LogP) is 6.33. The van der Waals surface area contributed by atoms with Gasteiger partial charge in [-0.2, -0.15) is 0 Å². The van der Waals surface area contributed by atoms with Crippen molar-refractivity contribution in [1.29, 1.82) is 0 Å². The maximum atomic E-state index is 12.9. The summed E-state index contributed by atoms with van der Waals surface area (Å²) in [5.74, 6) is 0.504. The first kappa shape index (κ1) is 24.3. The van der Waals surface area contributed by atoms with Crippen LogP contribution in [-0.4, -0.2) is 28.6 Å². The molecule has 0 unspecified atom stereocenters. The first-order valence-electron chi connectivity index (χ1n) is 13.5. The largest absolute Gasteiger partial charge is 0.481 e. The molecule has 3 fully saturated rings. The van der Waals surface area contributed by atoms with Gasteiger partial charge >= 0.3 is 5.97 Å². The second-order valence-electron chi connectivity index (χ2n) is 14.3. The molecule has 3 saturated carbocycles. The highest BCUT2D eigenvalue weighted by Crippen LogP contribution is 2.73. The Morgan fingerprint density at radius 3 is 2.32 bits per heavy atom. The van der Waals surface area contributed by atoms with Gasteiger partial charge in [0.2, 0.25) is 0 Å². The Bertz CT molecular complexity index is 1010. The number of hydrogen-bond donors (Lipinski definition) is 2. The molecule has 7 atom stereocenters. The van der Waals surface area contributed by atoms with Crippen LogP contribution in [0.25, 0.3) is 0 Å². The number of allylic oxidation sites excluding steroid dienone is 3. The lowest BCUT2D eigenvalue weighted by molar-refractivity contribution is -0.169. The van der Waals surface area contributed by atoms with Crippen molar-refractivity contribution < 1.29 is 19.8 Å². The van der Waals surface area contributed by atoms with Crippen LogP contribution >= 0.6 is 0 Å². The Kier molecular flexibility index (Phi) is 5.06. The maximum Gasteiger partial charge on any atom is 0.313 e. The van der Waals surface area contributed by atoms with E-state index in [0.717, 1.165) is 37.7 Å². The zero-order valence-corrected chi connectivity index (χ0v) is 22.1. The van der Waals surface area contributed by atoms with Crippen LogP contribution in [-0.2, 0) is 9.59 Å². The van der Waals surface area contributed by atoms with Crippen molar-refractivity contribution in [2.75, 3.05) is 6.61 Å². The lowest BCUT2D eigenvalue weighted by Gasteiger charge is -2.68. The molecule has 0 aromatic carbocycles. The molecule has 2 N–H and O–H groups in total. The van der Waals surface area contributed by atoms with Crippen LogP contribution in [0.2, 0.25) is 0 Å². The molecular formula is C30H44O4. The van der Waals surface area contributed by atoms with Gasteiger partial charge in [0.1, 0.15) is 5.78 Å². The van der Waals surface area contributed by atoms with Gasteiger partial charge in [-0.05, 0) is 96.0 Å². The van der Waals surface area contributed by atoms with E-state index in [1.807, 2.05) is 0 Å².